The average Bonchev–Trinajstić information content (AvgIpc) is 3.09. The standard InChI is InChI=1S/C32H35N3/c1-24(15-16-25-10-6-14-31-28(25)13-7-19-33-31)34-20-22-35(23-21-34)32-29-11-4-2-8-26(29)17-18-27-9-3-5-12-30(27)32/h2-14,19,24,32H,15-18,20-23H2,1H3. The highest BCUT2D eigenvalue weighted by molar-refractivity contribution is 5.81. The van der Waals surface area contributed by atoms with Crippen LogP contribution >= 0.6 is 0 Å². The third-order valence-corrected chi connectivity index (χ3v) is 8.27. The van der Waals surface area contributed by atoms with E-state index in [4.69, 9.17) is 0 Å². The normalized spacial score (nSPS) is 18.1. The summed E-state index contributed by atoms with van der Waals surface area (Å²) in [7, 11) is 0. The first-order chi connectivity index (χ1) is 17.3. The molecule has 1 aromatic heterocycles. The second kappa shape index (κ2) is 9.93. The van der Waals surface area contributed by atoms with Gasteiger partial charge in [0.15, 0.2) is 0 Å². The zero-order chi connectivity index (χ0) is 23.6. The predicted molar refractivity (Wildman–Crippen MR) is 145 cm³/mol. The fourth-order valence-electron chi connectivity index (χ4n) is 6.26. The van der Waals surface area contributed by atoms with Crippen LogP contribution in [0.4, 0.5) is 0 Å². The van der Waals surface area contributed by atoms with Gasteiger partial charge >= 0.3 is 0 Å². The molecule has 1 fully saturated rings. The van der Waals surface area contributed by atoms with Crippen molar-refractivity contribution in [2.24, 2.45) is 0 Å². The number of aryl methyl sites for hydroxylation is 3. The Hall–Kier alpha value is -3.01. The van der Waals surface area contributed by atoms with Crippen LogP contribution in [0.2, 0.25) is 0 Å². The molecule has 3 nitrogen and oxygen atoms in total. The van der Waals surface area contributed by atoms with E-state index in [1.165, 1.54) is 39.6 Å². The van der Waals surface area contributed by atoms with E-state index in [1.54, 1.807) is 0 Å². The molecule has 0 radical (unpaired) electrons. The van der Waals surface area contributed by atoms with Crippen LogP contribution in [-0.4, -0.2) is 47.0 Å². The SMILES string of the molecule is CC(CCc1cccc2ncccc12)N1CCN(C2c3ccccc3CCc3ccccc32)CC1. The molecule has 1 atom stereocenters. The highest BCUT2D eigenvalue weighted by Gasteiger charge is 2.31. The lowest BCUT2D eigenvalue weighted by atomic mass is 9.92. The lowest BCUT2D eigenvalue weighted by Gasteiger charge is -2.42. The van der Waals surface area contributed by atoms with E-state index in [-0.39, 0.29) is 0 Å². The molecule has 2 aliphatic rings. The first-order valence-electron chi connectivity index (χ1n) is 13.2. The summed E-state index contributed by atoms with van der Waals surface area (Å²) in [6, 6.07) is 30.1. The maximum absolute atomic E-state index is 4.53. The minimum Gasteiger partial charge on any atom is -0.298 e. The summed E-state index contributed by atoms with van der Waals surface area (Å²) in [6.07, 6.45) is 6.46. The molecular weight excluding hydrogens is 426 g/mol. The van der Waals surface area contributed by atoms with Crippen molar-refractivity contribution in [2.45, 2.75) is 44.7 Å². The van der Waals surface area contributed by atoms with Crippen molar-refractivity contribution >= 4 is 10.9 Å². The fraction of sp³-hybridized carbons (Fsp3) is 0.344. The van der Waals surface area contributed by atoms with Gasteiger partial charge in [-0.3, -0.25) is 14.8 Å². The van der Waals surface area contributed by atoms with Crippen molar-refractivity contribution in [1.29, 1.82) is 0 Å². The monoisotopic (exact) mass is 461 g/mol. The number of piperazine rings is 1. The number of benzene rings is 3. The fourth-order valence-corrected chi connectivity index (χ4v) is 6.26. The summed E-state index contributed by atoms with van der Waals surface area (Å²) in [5, 5.41) is 1.30. The van der Waals surface area contributed by atoms with Gasteiger partial charge in [-0.1, -0.05) is 66.7 Å². The first-order valence-corrected chi connectivity index (χ1v) is 13.2. The molecule has 6 rings (SSSR count). The summed E-state index contributed by atoms with van der Waals surface area (Å²) < 4.78 is 0. The Morgan fingerprint density at radius 1 is 0.771 bits per heavy atom. The number of hydrogen-bond donors (Lipinski definition) is 0. The van der Waals surface area contributed by atoms with Crippen LogP contribution in [0.1, 0.15) is 47.2 Å². The van der Waals surface area contributed by atoms with Crippen LogP contribution in [-0.2, 0) is 19.3 Å². The summed E-state index contributed by atoms with van der Waals surface area (Å²) >= 11 is 0. The van der Waals surface area contributed by atoms with E-state index in [2.05, 4.69) is 101 Å². The summed E-state index contributed by atoms with van der Waals surface area (Å²) in [6.45, 7) is 6.93. The maximum atomic E-state index is 4.53. The average molecular weight is 462 g/mol. The topological polar surface area (TPSA) is 19.4 Å². The number of nitrogens with zero attached hydrogens (tertiary/aromatic N) is 3. The van der Waals surface area contributed by atoms with Gasteiger partial charge in [-0.25, -0.2) is 0 Å². The molecule has 1 saturated heterocycles. The summed E-state index contributed by atoms with van der Waals surface area (Å²) in [5.74, 6) is 0. The van der Waals surface area contributed by atoms with Crippen molar-refractivity contribution in [3.63, 3.8) is 0 Å². The summed E-state index contributed by atoms with van der Waals surface area (Å²) in [5.41, 5.74) is 8.61. The number of aromatic nitrogens is 1. The van der Waals surface area contributed by atoms with Crippen LogP contribution in [0, 0.1) is 0 Å². The van der Waals surface area contributed by atoms with Gasteiger partial charge in [0, 0.05) is 43.8 Å². The molecule has 1 aliphatic heterocycles. The third-order valence-electron chi connectivity index (χ3n) is 8.27. The molecule has 4 aromatic rings. The van der Waals surface area contributed by atoms with E-state index in [0.29, 0.717) is 12.1 Å². The second-order valence-corrected chi connectivity index (χ2v) is 10.2. The predicted octanol–water partition coefficient (Wildman–Crippen LogP) is 6.06. The molecule has 178 valence electrons. The Balaban J connectivity index is 1.15. The van der Waals surface area contributed by atoms with E-state index < -0.39 is 0 Å². The van der Waals surface area contributed by atoms with Gasteiger partial charge in [-0.05, 0) is 72.6 Å². The molecule has 0 spiro atoms. The zero-order valence-corrected chi connectivity index (χ0v) is 20.7. The van der Waals surface area contributed by atoms with Gasteiger partial charge < -0.3 is 0 Å². The largest absolute Gasteiger partial charge is 0.298 e. The van der Waals surface area contributed by atoms with Gasteiger partial charge in [0.1, 0.15) is 0 Å². The van der Waals surface area contributed by atoms with E-state index in [1.807, 2.05) is 6.20 Å². The lowest BCUT2D eigenvalue weighted by molar-refractivity contribution is 0.0812. The number of hydrogen-bond acceptors (Lipinski definition) is 3. The van der Waals surface area contributed by atoms with Crippen molar-refractivity contribution in [1.82, 2.24) is 14.8 Å². The molecule has 1 unspecified atom stereocenters. The minimum atomic E-state index is 0.380. The quantitative estimate of drug-likeness (QED) is 0.360. The number of pyridine rings is 1. The van der Waals surface area contributed by atoms with Crippen LogP contribution in [0.5, 0.6) is 0 Å². The van der Waals surface area contributed by atoms with Crippen molar-refractivity contribution in [3.8, 4) is 0 Å². The Morgan fingerprint density at radius 2 is 1.46 bits per heavy atom. The number of fused-ring (bicyclic) bond motifs is 3. The lowest BCUT2D eigenvalue weighted by Crippen LogP contribution is -2.50. The molecule has 2 heterocycles. The molecule has 1 aliphatic carbocycles. The molecule has 35 heavy (non-hydrogen) atoms. The molecule has 0 amide bonds. The van der Waals surface area contributed by atoms with Gasteiger partial charge in [-0.2, -0.15) is 0 Å². The highest BCUT2D eigenvalue weighted by Crippen LogP contribution is 2.37. The molecule has 0 bridgehead atoms. The summed E-state index contributed by atoms with van der Waals surface area (Å²) in [4.78, 5) is 9.98. The second-order valence-electron chi connectivity index (χ2n) is 10.2. The Bertz CT molecular complexity index is 1250. The van der Waals surface area contributed by atoms with Gasteiger partial charge in [-0.15, -0.1) is 0 Å². The first kappa shape index (κ1) is 22.5. The Morgan fingerprint density at radius 3 is 2.17 bits per heavy atom. The highest BCUT2D eigenvalue weighted by atomic mass is 15.3. The van der Waals surface area contributed by atoms with E-state index in [0.717, 1.165) is 51.0 Å². The van der Waals surface area contributed by atoms with Crippen LogP contribution in [0.15, 0.2) is 85.1 Å². The Labute approximate surface area is 209 Å². The van der Waals surface area contributed by atoms with Crippen molar-refractivity contribution < 1.29 is 0 Å². The van der Waals surface area contributed by atoms with Crippen molar-refractivity contribution in [3.05, 3.63) is 113 Å². The molecular formula is C32H35N3. The molecule has 3 heteroatoms. The molecule has 3 aromatic carbocycles. The smallest absolute Gasteiger partial charge is 0.0704 e. The minimum absolute atomic E-state index is 0.380. The molecule has 0 saturated carbocycles. The van der Waals surface area contributed by atoms with E-state index >= 15 is 0 Å². The van der Waals surface area contributed by atoms with Crippen LogP contribution in [0.25, 0.3) is 10.9 Å². The molecule has 0 N–H and O–H groups in total. The Kier molecular flexibility index (Phi) is 6.37. The van der Waals surface area contributed by atoms with E-state index in [9.17, 15) is 0 Å². The van der Waals surface area contributed by atoms with Crippen molar-refractivity contribution in [2.75, 3.05) is 26.2 Å². The zero-order valence-electron chi connectivity index (χ0n) is 20.7. The van der Waals surface area contributed by atoms with Crippen LogP contribution < -0.4 is 0 Å². The van der Waals surface area contributed by atoms with Gasteiger partial charge in [0.25, 0.3) is 0 Å². The van der Waals surface area contributed by atoms with Gasteiger partial charge in [0.2, 0.25) is 0 Å². The number of rotatable bonds is 5. The third kappa shape index (κ3) is 4.51. The van der Waals surface area contributed by atoms with Gasteiger partial charge in [0.05, 0.1) is 11.6 Å². The van der Waals surface area contributed by atoms with Crippen LogP contribution in [0.3, 0.4) is 0 Å². The maximum Gasteiger partial charge on any atom is 0.0704 e.